The molecule has 23 heavy (non-hydrogen) atoms. The molecule has 0 atom stereocenters. The molecule has 0 spiro atoms. The molecular formula is C17H23N3O2S. The predicted molar refractivity (Wildman–Crippen MR) is 93.2 cm³/mol. The highest BCUT2D eigenvalue weighted by Gasteiger charge is 2.54. The van der Waals surface area contributed by atoms with Crippen LogP contribution in [0, 0.1) is 0 Å². The van der Waals surface area contributed by atoms with Crippen molar-refractivity contribution in [1.29, 1.82) is 0 Å². The van der Waals surface area contributed by atoms with Gasteiger partial charge in [-0.3, -0.25) is 14.8 Å². The van der Waals surface area contributed by atoms with Gasteiger partial charge < -0.3 is 10.1 Å². The third-order valence-electron chi connectivity index (χ3n) is 4.63. The summed E-state index contributed by atoms with van der Waals surface area (Å²) in [5.74, 6) is 0.980. The maximum Gasteiger partial charge on any atom is 0.251 e. The van der Waals surface area contributed by atoms with Gasteiger partial charge in [-0.1, -0.05) is 12.1 Å². The summed E-state index contributed by atoms with van der Waals surface area (Å²) in [5, 5.41) is 7.55. The van der Waals surface area contributed by atoms with Crippen molar-refractivity contribution in [3.05, 3.63) is 29.8 Å². The van der Waals surface area contributed by atoms with Crippen LogP contribution < -0.4 is 10.1 Å². The molecule has 6 heteroatoms. The van der Waals surface area contributed by atoms with Crippen LogP contribution >= 0.6 is 12.2 Å². The van der Waals surface area contributed by atoms with E-state index in [1.54, 1.807) is 7.11 Å². The van der Waals surface area contributed by atoms with E-state index in [-0.39, 0.29) is 11.3 Å². The van der Waals surface area contributed by atoms with Crippen LogP contribution in [-0.2, 0) is 10.2 Å². The van der Waals surface area contributed by atoms with Crippen LogP contribution in [0.25, 0.3) is 0 Å². The first-order valence-corrected chi connectivity index (χ1v) is 8.55. The molecule has 1 aromatic rings. The number of carbonyl (C=O) groups excluding carboxylic acids is 1. The zero-order chi connectivity index (χ0) is 16.4. The maximum absolute atomic E-state index is 13.2. The molecule has 0 radical (unpaired) electrons. The number of amides is 1. The Bertz CT molecular complexity index is 598. The molecule has 1 amide bonds. The Labute approximate surface area is 142 Å². The van der Waals surface area contributed by atoms with Gasteiger partial charge in [0.2, 0.25) is 0 Å². The number of methoxy groups -OCH3 is 1. The summed E-state index contributed by atoms with van der Waals surface area (Å²) in [6.45, 7) is 4.31. The van der Waals surface area contributed by atoms with Gasteiger partial charge >= 0.3 is 0 Å². The molecule has 2 aliphatic rings. The van der Waals surface area contributed by atoms with E-state index in [1.165, 1.54) is 0 Å². The molecule has 0 aromatic heterocycles. The summed E-state index contributed by atoms with van der Waals surface area (Å²) in [4.78, 5) is 13.2. The van der Waals surface area contributed by atoms with Crippen LogP contribution in [0.15, 0.2) is 24.3 Å². The highest BCUT2D eigenvalue weighted by molar-refractivity contribution is 7.80. The average Bonchev–Trinajstić information content (AvgIpc) is 3.24. The maximum atomic E-state index is 13.2. The van der Waals surface area contributed by atoms with Crippen LogP contribution in [0.2, 0.25) is 0 Å². The normalized spacial score (nSPS) is 18.7. The van der Waals surface area contributed by atoms with Gasteiger partial charge in [0, 0.05) is 19.6 Å². The van der Waals surface area contributed by atoms with Crippen LogP contribution in [0.4, 0.5) is 0 Å². The minimum Gasteiger partial charge on any atom is -0.497 e. The lowest BCUT2D eigenvalue weighted by Crippen LogP contribution is -2.51. The molecule has 3 rings (SSSR count). The molecule has 2 fully saturated rings. The highest BCUT2D eigenvalue weighted by atomic mass is 32.1. The minimum absolute atomic E-state index is 0.167. The lowest BCUT2D eigenvalue weighted by Gasteiger charge is -2.33. The standard InChI is InChI=1S/C17H23N3O2S/c1-3-18-16(23)20-12-4-11-19(20)15(21)17(9-10-17)13-5-7-14(22-2)8-6-13/h5-8H,3-4,9-12H2,1-2H3,(H,18,23). The zero-order valence-electron chi connectivity index (χ0n) is 13.7. The van der Waals surface area contributed by atoms with Gasteiger partial charge in [0.25, 0.3) is 5.91 Å². The number of rotatable bonds is 4. The Hall–Kier alpha value is -1.82. The van der Waals surface area contributed by atoms with Gasteiger partial charge in [0.05, 0.1) is 12.5 Å². The van der Waals surface area contributed by atoms with Gasteiger partial charge in [-0.2, -0.15) is 0 Å². The van der Waals surface area contributed by atoms with E-state index in [0.29, 0.717) is 5.11 Å². The fraction of sp³-hybridized carbons (Fsp3) is 0.529. The number of nitrogens with one attached hydrogen (secondary N) is 1. The van der Waals surface area contributed by atoms with Gasteiger partial charge in [-0.15, -0.1) is 0 Å². The topological polar surface area (TPSA) is 44.8 Å². The number of hydrogen-bond donors (Lipinski definition) is 1. The van der Waals surface area contributed by atoms with E-state index < -0.39 is 0 Å². The monoisotopic (exact) mass is 333 g/mol. The van der Waals surface area contributed by atoms with E-state index in [1.807, 2.05) is 41.2 Å². The third kappa shape index (κ3) is 2.87. The van der Waals surface area contributed by atoms with E-state index in [0.717, 1.165) is 50.2 Å². The Morgan fingerprint density at radius 1 is 1.26 bits per heavy atom. The average molecular weight is 333 g/mol. The molecule has 1 N–H and O–H groups in total. The number of hydrazine groups is 1. The number of hydrogen-bond acceptors (Lipinski definition) is 3. The first-order valence-electron chi connectivity index (χ1n) is 8.14. The lowest BCUT2D eigenvalue weighted by molar-refractivity contribution is -0.141. The van der Waals surface area contributed by atoms with Crippen molar-refractivity contribution < 1.29 is 9.53 Å². The number of nitrogens with zero attached hydrogens (tertiary/aromatic N) is 2. The fourth-order valence-electron chi connectivity index (χ4n) is 3.18. The van der Waals surface area contributed by atoms with Crippen molar-refractivity contribution in [3.8, 4) is 5.75 Å². The smallest absolute Gasteiger partial charge is 0.251 e. The number of benzene rings is 1. The van der Waals surface area contributed by atoms with Gasteiger partial charge in [0.15, 0.2) is 5.11 Å². The fourth-order valence-corrected chi connectivity index (χ4v) is 3.52. The molecule has 1 aliphatic heterocycles. The van der Waals surface area contributed by atoms with Crippen LogP contribution in [0.5, 0.6) is 5.75 Å². The molecule has 1 saturated carbocycles. The largest absolute Gasteiger partial charge is 0.497 e. The first-order chi connectivity index (χ1) is 11.1. The van der Waals surface area contributed by atoms with Crippen LogP contribution in [-0.4, -0.2) is 47.8 Å². The zero-order valence-corrected chi connectivity index (χ0v) is 14.5. The lowest BCUT2D eigenvalue weighted by atomic mass is 9.94. The summed E-state index contributed by atoms with van der Waals surface area (Å²) in [5.41, 5.74) is 0.695. The highest BCUT2D eigenvalue weighted by Crippen LogP contribution is 2.50. The Kier molecular flexibility index (Phi) is 4.43. The number of carbonyl (C=O) groups is 1. The first kappa shape index (κ1) is 16.1. The second-order valence-corrected chi connectivity index (χ2v) is 6.44. The summed E-state index contributed by atoms with van der Waals surface area (Å²) in [6.07, 6.45) is 2.75. The van der Waals surface area contributed by atoms with Crippen molar-refractivity contribution >= 4 is 23.2 Å². The SMILES string of the molecule is CCNC(=S)N1CCCN1C(=O)C1(c2ccc(OC)cc2)CC1. The minimum atomic E-state index is -0.378. The molecule has 1 aliphatic carbocycles. The van der Waals surface area contributed by atoms with Gasteiger partial charge in [-0.25, -0.2) is 0 Å². The summed E-state index contributed by atoms with van der Waals surface area (Å²) < 4.78 is 5.21. The van der Waals surface area contributed by atoms with Crippen molar-refractivity contribution in [2.75, 3.05) is 26.7 Å². The van der Waals surface area contributed by atoms with E-state index >= 15 is 0 Å². The predicted octanol–water partition coefficient (Wildman–Crippen LogP) is 2.07. The molecule has 1 saturated heterocycles. The molecule has 5 nitrogen and oxygen atoms in total. The second kappa shape index (κ2) is 6.35. The third-order valence-corrected chi connectivity index (χ3v) is 4.99. The van der Waals surface area contributed by atoms with Crippen molar-refractivity contribution in [2.45, 2.75) is 31.6 Å². The molecule has 0 bridgehead atoms. The van der Waals surface area contributed by atoms with Crippen molar-refractivity contribution in [1.82, 2.24) is 15.3 Å². The number of thiocarbonyl (C=S) groups is 1. The molecule has 0 unspecified atom stereocenters. The Morgan fingerprint density at radius 3 is 2.48 bits per heavy atom. The van der Waals surface area contributed by atoms with E-state index in [9.17, 15) is 4.79 Å². The Balaban J connectivity index is 1.79. The number of ether oxygens (including phenoxy) is 1. The Morgan fingerprint density at radius 2 is 1.91 bits per heavy atom. The van der Waals surface area contributed by atoms with E-state index in [2.05, 4.69) is 5.32 Å². The quantitative estimate of drug-likeness (QED) is 0.855. The second-order valence-electron chi connectivity index (χ2n) is 6.05. The van der Waals surface area contributed by atoms with Crippen LogP contribution in [0.1, 0.15) is 31.7 Å². The molecule has 124 valence electrons. The van der Waals surface area contributed by atoms with Gasteiger partial charge in [0.1, 0.15) is 5.75 Å². The summed E-state index contributed by atoms with van der Waals surface area (Å²) >= 11 is 5.41. The van der Waals surface area contributed by atoms with Crippen LogP contribution in [0.3, 0.4) is 0 Å². The van der Waals surface area contributed by atoms with Gasteiger partial charge in [-0.05, 0) is 56.1 Å². The van der Waals surface area contributed by atoms with E-state index in [4.69, 9.17) is 17.0 Å². The van der Waals surface area contributed by atoms with Crippen molar-refractivity contribution in [2.24, 2.45) is 0 Å². The van der Waals surface area contributed by atoms with Crippen molar-refractivity contribution in [3.63, 3.8) is 0 Å². The molecule has 1 heterocycles. The molecular weight excluding hydrogens is 310 g/mol. The summed E-state index contributed by atoms with van der Waals surface area (Å²) in [7, 11) is 1.65. The molecule has 1 aromatic carbocycles. The summed E-state index contributed by atoms with van der Waals surface area (Å²) in [6, 6.07) is 7.86.